The number of piperidine rings is 1. The Hall–Kier alpha value is -3.59. The lowest BCUT2D eigenvalue weighted by Crippen LogP contribution is -2.51. The van der Waals surface area contributed by atoms with Gasteiger partial charge in [-0.15, -0.1) is 0 Å². The Kier molecular flexibility index (Phi) is 9.48. The van der Waals surface area contributed by atoms with E-state index in [1.165, 1.54) is 11.3 Å². The van der Waals surface area contributed by atoms with E-state index in [1.54, 1.807) is 7.11 Å². The van der Waals surface area contributed by atoms with Crippen molar-refractivity contribution in [1.82, 2.24) is 9.80 Å². The molecule has 0 spiro atoms. The molecule has 2 fully saturated rings. The van der Waals surface area contributed by atoms with Crippen LogP contribution in [0, 0.1) is 5.92 Å². The first-order valence-electron chi connectivity index (χ1n) is 11.8. The van der Waals surface area contributed by atoms with Gasteiger partial charge in [0.1, 0.15) is 5.75 Å². The Balaban J connectivity index is 0.000000509. The number of carbonyl (C=O) groups excluding carboxylic acids is 1. The van der Waals surface area contributed by atoms with E-state index in [4.69, 9.17) is 24.5 Å². The van der Waals surface area contributed by atoms with Crippen molar-refractivity contribution in [2.75, 3.05) is 51.3 Å². The van der Waals surface area contributed by atoms with Gasteiger partial charge in [-0.2, -0.15) is 0 Å². The lowest BCUT2D eigenvalue weighted by Gasteiger charge is -2.39. The normalized spacial score (nSPS) is 16.7. The number of carboxylic acids is 2. The highest BCUT2D eigenvalue weighted by atomic mass is 16.5. The lowest BCUT2D eigenvalue weighted by molar-refractivity contribution is -0.159. The molecule has 2 saturated heterocycles. The third kappa shape index (κ3) is 7.71. The van der Waals surface area contributed by atoms with E-state index < -0.39 is 11.9 Å². The fraction of sp³-hybridized carbons (Fsp3) is 0.423. The number of ether oxygens (including phenoxy) is 1. The molecule has 0 radical (unpaired) electrons. The number of piperazine rings is 1. The molecular weight excluding hydrogens is 450 g/mol. The Bertz CT molecular complexity index is 954. The summed E-state index contributed by atoms with van der Waals surface area (Å²) in [4.78, 5) is 38.1. The van der Waals surface area contributed by atoms with Gasteiger partial charge in [0.15, 0.2) is 0 Å². The minimum atomic E-state index is -1.82. The first-order valence-corrected chi connectivity index (χ1v) is 11.8. The van der Waals surface area contributed by atoms with Crippen molar-refractivity contribution >= 4 is 23.5 Å². The zero-order chi connectivity index (χ0) is 25.2. The summed E-state index contributed by atoms with van der Waals surface area (Å²) in [5, 5.41) is 14.8. The van der Waals surface area contributed by atoms with Gasteiger partial charge in [0.05, 0.1) is 7.11 Å². The van der Waals surface area contributed by atoms with Crippen LogP contribution in [0.2, 0.25) is 0 Å². The molecule has 2 aliphatic rings. The predicted molar refractivity (Wildman–Crippen MR) is 132 cm³/mol. The molecule has 0 unspecified atom stereocenters. The second-order valence-corrected chi connectivity index (χ2v) is 8.66. The summed E-state index contributed by atoms with van der Waals surface area (Å²) in [5.74, 6) is -2.21. The van der Waals surface area contributed by atoms with E-state index in [0.29, 0.717) is 5.91 Å². The van der Waals surface area contributed by atoms with Gasteiger partial charge in [-0.05, 0) is 55.8 Å². The number of likely N-dealkylation sites (tertiary alicyclic amines) is 1. The number of benzene rings is 2. The monoisotopic (exact) mass is 483 g/mol. The van der Waals surface area contributed by atoms with Crippen LogP contribution >= 0.6 is 0 Å². The maximum absolute atomic E-state index is 13.0. The van der Waals surface area contributed by atoms with Gasteiger partial charge in [-0.25, -0.2) is 9.59 Å². The summed E-state index contributed by atoms with van der Waals surface area (Å²) in [7, 11) is 1.69. The molecule has 2 aliphatic heterocycles. The van der Waals surface area contributed by atoms with Crippen LogP contribution in [0.25, 0.3) is 0 Å². The van der Waals surface area contributed by atoms with Gasteiger partial charge in [0.2, 0.25) is 5.91 Å². The van der Waals surface area contributed by atoms with Crippen molar-refractivity contribution in [2.24, 2.45) is 5.92 Å². The van der Waals surface area contributed by atoms with E-state index in [-0.39, 0.29) is 5.92 Å². The summed E-state index contributed by atoms with van der Waals surface area (Å²) >= 11 is 0. The fourth-order valence-electron chi connectivity index (χ4n) is 4.41. The van der Waals surface area contributed by atoms with E-state index in [0.717, 1.165) is 64.4 Å². The molecular formula is C26H33N3O6. The van der Waals surface area contributed by atoms with Crippen LogP contribution < -0.4 is 9.64 Å². The van der Waals surface area contributed by atoms with Gasteiger partial charge < -0.3 is 24.7 Å². The van der Waals surface area contributed by atoms with Crippen molar-refractivity contribution in [1.29, 1.82) is 0 Å². The van der Waals surface area contributed by atoms with Gasteiger partial charge >= 0.3 is 11.9 Å². The van der Waals surface area contributed by atoms with E-state index in [9.17, 15) is 4.79 Å². The fourth-order valence-corrected chi connectivity index (χ4v) is 4.41. The summed E-state index contributed by atoms with van der Waals surface area (Å²) < 4.78 is 5.23. The molecule has 9 nitrogen and oxygen atoms in total. The molecule has 2 aromatic carbocycles. The van der Waals surface area contributed by atoms with Crippen LogP contribution in [0.3, 0.4) is 0 Å². The van der Waals surface area contributed by atoms with Crippen molar-refractivity contribution in [3.63, 3.8) is 0 Å². The first-order chi connectivity index (χ1) is 16.9. The number of hydrogen-bond acceptors (Lipinski definition) is 6. The van der Waals surface area contributed by atoms with E-state index in [1.807, 2.05) is 18.2 Å². The molecule has 35 heavy (non-hydrogen) atoms. The minimum absolute atomic E-state index is 0.186. The topological polar surface area (TPSA) is 111 Å². The molecule has 9 heteroatoms. The molecule has 4 rings (SSSR count). The summed E-state index contributed by atoms with van der Waals surface area (Å²) in [6.07, 6.45) is 1.93. The van der Waals surface area contributed by atoms with Crippen LogP contribution in [-0.2, 0) is 20.9 Å². The van der Waals surface area contributed by atoms with Crippen molar-refractivity contribution < 1.29 is 29.3 Å². The molecule has 2 heterocycles. The summed E-state index contributed by atoms with van der Waals surface area (Å²) in [6.45, 7) is 6.44. The Morgan fingerprint density at radius 1 is 0.829 bits per heavy atom. The first kappa shape index (κ1) is 26.0. The second kappa shape index (κ2) is 12.8. The number of carbonyl (C=O) groups is 3. The number of carboxylic acid groups (broad SMARTS) is 2. The Labute approximate surface area is 205 Å². The van der Waals surface area contributed by atoms with E-state index >= 15 is 0 Å². The standard InChI is InChI=1S/C24H31N3O2.C2H2O4/c1-29-23-9-7-20(8-10-23)19-25-13-11-21(12-14-25)24(28)27-17-15-26(16-18-27)22-5-3-2-4-6-22;3-1(4)2(5)6/h2-10,21H,11-19H2,1H3;(H,3,4)(H,5,6). The van der Waals surface area contributed by atoms with Gasteiger partial charge in [-0.3, -0.25) is 9.69 Å². The lowest BCUT2D eigenvalue weighted by atomic mass is 9.94. The molecule has 0 saturated carbocycles. The van der Waals surface area contributed by atoms with Gasteiger partial charge in [-0.1, -0.05) is 30.3 Å². The zero-order valence-corrected chi connectivity index (χ0v) is 20.0. The number of aliphatic carboxylic acids is 2. The number of para-hydroxylation sites is 1. The molecule has 0 aromatic heterocycles. The van der Waals surface area contributed by atoms with Crippen LogP contribution in [0.1, 0.15) is 18.4 Å². The van der Waals surface area contributed by atoms with Crippen LogP contribution in [0.15, 0.2) is 54.6 Å². The van der Waals surface area contributed by atoms with Crippen molar-refractivity contribution in [2.45, 2.75) is 19.4 Å². The van der Waals surface area contributed by atoms with Gasteiger partial charge in [0.25, 0.3) is 0 Å². The van der Waals surface area contributed by atoms with E-state index in [2.05, 4.69) is 51.1 Å². The molecule has 2 N–H and O–H groups in total. The molecule has 0 atom stereocenters. The van der Waals surface area contributed by atoms with Crippen molar-refractivity contribution in [3.8, 4) is 5.75 Å². The molecule has 2 aromatic rings. The predicted octanol–water partition coefficient (Wildman–Crippen LogP) is 2.41. The van der Waals surface area contributed by atoms with Crippen LogP contribution in [0.5, 0.6) is 5.75 Å². The molecule has 188 valence electrons. The molecule has 0 aliphatic carbocycles. The number of methoxy groups -OCH3 is 1. The van der Waals surface area contributed by atoms with Crippen molar-refractivity contribution in [3.05, 3.63) is 60.2 Å². The number of nitrogens with zero attached hydrogens (tertiary/aromatic N) is 3. The van der Waals surface area contributed by atoms with Crippen LogP contribution in [-0.4, -0.2) is 84.2 Å². The Morgan fingerprint density at radius 3 is 1.91 bits per heavy atom. The molecule has 0 bridgehead atoms. The largest absolute Gasteiger partial charge is 0.497 e. The highest BCUT2D eigenvalue weighted by Gasteiger charge is 2.30. The SMILES string of the molecule is COc1ccc(CN2CCC(C(=O)N3CCN(c4ccccc4)CC3)CC2)cc1.O=C(O)C(=O)O. The van der Waals surface area contributed by atoms with Crippen LogP contribution in [0.4, 0.5) is 5.69 Å². The van der Waals surface area contributed by atoms with Gasteiger partial charge in [0, 0.05) is 44.3 Å². The third-order valence-corrected chi connectivity index (χ3v) is 6.40. The average molecular weight is 484 g/mol. The quantitative estimate of drug-likeness (QED) is 0.624. The highest BCUT2D eigenvalue weighted by Crippen LogP contribution is 2.23. The maximum atomic E-state index is 13.0. The smallest absolute Gasteiger partial charge is 0.414 e. The summed E-state index contributed by atoms with van der Waals surface area (Å²) in [5.41, 5.74) is 2.55. The molecule has 1 amide bonds. The maximum Gasteiger partial charge on any atom is 0.414 e. The number of amides is 1. The Morgan fingerprint density at radius 2 is 1.40 bits per heavy atom. The minimum Gasteiger partial charge on any atom is -0.497 e. The second-order valence-electron chi connectivity index (χ2n) is 8.66. The zero-order valence-electron chi connectivity index (χ0n) is 20.0. The number of anilines is 1. The summed E-state index contributed by atoms with van der Waals surface area (Å²) in [6, 6.07) is 18.8. The third-order valence-electron chi connectivity index (χ3n) is 6.40. The number of hydrogen-bond donors (Lipinski definition) is 2. The number of rotatable bonds is 5. The average Bonchev–Trinajstić information content (AvgIpc) is 2.90. The highest BCUT2D eigenvalue weighted by molar-refractivity contribution is 6.27.